The maximum absolute atomic E-state index is 12.2. The number of hydrogen-bond donors (Lipinski definition) is 1. The number of aromatic nitrogens is 2. The van der Waals surface area contributed by atoms with Crippen LogP contribution < -0.4 is 4.74 Å². The summed E-state index contributed by atoms with van der Waals surface area (Å²) in [6, 6.07) is 7.34. The number of halogens is 3. The number of nitrogens with zero attached hydrogens (tertiary/aromatic N) is 1. The molecule has 21 heavy (non-hydrogen) atoms. The fourth-order valence-corrected chi connectivity index (χ4v) is 2.11. The van der Waals surface area contributed by atoms with Gasteiger partial charge in [-0.05, 0) is 24.6 Å². The van der Waals surface area contributed by atoms with Crippen LogP contribution in [0, 0.1) is 4.64 Å². The van der Waals surface area contributed by atoms with E-state index in [1.165, 1.54) is 18.2 Å². The van der Waals surface area contributed by atoms with E-state index in [0.717, 1.165) is 12.8 Å². The summed E-state index contributed by atoms with van der Waals surface area (Å²) in [5, 5.41) is 0. The lowest BCUT2D eigenvalue weighted by atomic mass is 10.1. The molecule has 0 fully saturated rings. The van der Waals surface area contributed by atoms with Gasteiger partial charge in [0.25, 0.3) is 0 Å². The van der Waals surface area contributed by atoms with Crippen LogP contribution in [0.2, 0.25) is 0 Å². The van der Waals surface area contributed by atoms with Crippen LogP contribution >= 0.6 is 12.2 Å². The zero-order chi connectivity index (χ0) is 15.5. The minimum atomic E-state index is -4.71. The molecule has 2 rings (SSSR count). The monoisotopic (exact) mass is 314 g/mol. The van der Waals surface area contributed by atoms with E-state index in [4.69, 9.17) is 12.2 Å². The van der Waals surface area contributed by atoms with E-state index >= 15 is 0 Å². The Balaban J connectivity index is 2.38. The first kappa shape index (κ1) is 15.5. The topological polar surface area (TPSA) is 37.9 Å². The summed E-state index contributed by atoms with van der Waals surface area (Å²) in [5.41, 5.74) is 1.17. The van der Waals surface area contributed by atoms with Gasteiger partial charge in [0.1, 0.15) is 16.2 Å². The first-order valence-corrected chi connectivity index (χ1v) is 6.74. The molecule has 0 aliphatic rings. The predicted molar refractivity (Wildman–Crippen MR) is 75.5 cm³/mol. The fraction of sp³-hybridized carbons (Fsp3) is 0.286. The number of aromatic amines is 1. The van der Waals surface area contributed by atoms with Gasteiger partial charge in [0, 0.05) is 17.7 Å². The van der Waals surface area contributed by atoms with Gasteiger partial charge in [-0.3, -0.25) is 0 Å². The van der Waals surface area contributed by atoms with E-state index in [2.05, 4.69) is 14.7 Å². The van der Waals surface area contributed by atoms with E-state index < -0.39 is 6.36 Å². The molecule has 0 aliphatic carbocycles. The molecule has 1 aromatic heterocycles. The first-order valence-electron chi connectivity index (χ1n) is 6.34. The number of rotatable bonds is 4. The van der Waals surface area contributed by atoms with Crippen molar-refractivity contribution < 1.29 is 17.9 Å². The van der Waals surface area contributed by atoms with Crippen molar-refractivity contribution >= 4 is 12.2 Å². The highest BCUT2D eigenvalue weighted by Gasteiger charge is 2.31. The van der Waals surface area contributed by atoms with Crippen LogP contribution in [0.4, 0.5) is 13.2 Å². The third kappa shape index (κ3) is 4.56. The summed E-state index contributed by atoms with van der Waals surface area (Å²) < 4.78 is 41.1. The van der Waals surface area contributed by atoms with Gasteiger partial charge in [-0.25, -0.2) is 4.98 Å². The molecule has 1 aromatic carbocycles. The largest absolute Gasteiger partial charge is 0.573 e. The second-order valence-corrected chi connectivity index (χ2v) is 4.82. The van der Waals surface area contributed by atoms with Crippen molar-refractivity contribution in [1.82, 2.24) is 9.97 Å². The van der Waals surface area contributed by atoms with Crippen LogP contribution in [0.25, 0.3) is 11.3 Å². The molecule has 1 heterocycles. The summed E-state index contributed by atoms with van der Waals surface area (Å²) >= 11 is 5.08. The van der Waals surface area contributed by atoms with Crippen molar-refractivity contribution in [3.63, 3.8) is 0 Å². The maximum atomic E-state index is 12.2. The molecular formula is C14H13F3N2OS. The van der Waals surface area contributed by atoms with E-state index in [1.54, 1.807) is 12.1 Å². The Morgan fingerprint density at radius 1 is 1.29 bits per heavy atom. The average molecular weight is 314 g/mol. The van der Waals surface area contributed by atoms with Crippen molar-refractivity contribution in [2.24, 2.45) is 0 Å². The smallest absolute Gasteiger partial charge is 0.406 e. The molecule has 3 nitrogen and oxygen atoms in total. The van der Waals surface area contributed by atoms with Gasteiger partial charge in [-0.15, -0.1) is 13.2 Å². The van der Waals surface area contributed by atoms with E-state index in [0.29, 0.717) is 21.7 Å². The van der Waals surface area contributed by atoms with Crippen LogP contribution in [-0.4, -0.2) is 16.3 Å². The van der Waals surface area contributed by atoms with Gasteiger partial charge in [-0.2, -0.15) is 0 Å². The highest BCUT2D eigenvalue weighted by Crippen LogP contribution is 2.27. The normalized spacial score (nSPS) is 11.4. The van der Waals surface area contributed by atoms with Crippen LogP contribution in [-0.2, 0) is 6.42 Å². The zero-order valence-electron chi connectivity index (χ0n) is 11.2. The molecular weight excluding hydrogens is 301 g/mol. The molecule has 0 saturated heterocycles. The van der Waals surface area contributed by atoms with E-state index in [9.17, 15) is 13.2 Å². The number of H-pyrrole nitrogens is 1. The molecule has 0 atom stereocenters. The van der Waals surface area contributed by atoms with Crippen LogP contribution in [0.5, 0.6) is 5.75 Å². The second-order valence-electron chi connectivity index (χ2n) is 4.41. The molecule has 1 N–H and O–H groups in total. The molecule has 0 spiro atoms. The van der Waals surface area contributed by atoms with Gasteiger partial charge in [0.15, 0.2) is 0 Å². The average Bonchev–Trinajstić information content (AvgIpc) is 2.36. The Bertz CT molecular complexity index is 682. The zero-order valence-corrected chi connectivity index (χ0v) is 12.0. The Morgan fingerprint density at radius 2 is 2.05 bits per heavy atom. The molecule has 0 aliphatic heterocycles. The van der Waals surface area contributed by atoms with Crippen molar-refractivity contribution in [3.8, 4) is 17.0 Å². The van der Waals surface area contributed by atoms with Crippen LogP contribution in [0.3, 0.4) is 0 Å². The van der Waals surface area contributed by atoms with Crippen molar-refractivity contribution in [1.29, 1.82) is 0 Å². The lowest BCUT2D eigenvalue weighted by Crippen LogP contribution is -2.17. The van der Waals surface area contributed by atoms with Crippen LogP contribution in [0.15, 0.2) is 30.3 Å². The first-order chi connectivity index (χ1) is 9.87. The number of nitrogens with one attached hydrogen (secondary N) is 1. The lowest BCUT2D eigenvalue weighted by molar-refractivity contribution is -0.274. The Morgan fingerprint density at radius 3 is 2.71 bits per heavy atom. The third-order valence-corrected chi connectivity index (χ3v) is 2.87. The molecule has 0 radical (unpaired) electrons. The van der Waals surface area contributed by atoms with Gasteiger partial charge in [0.05, 0.1) is 0 Å². The number of hydrogen-bond acceptors (Lipinski definition) is 3. The van der Waals surface area contributed by atoms with Gasteiger partial charge >= 0.3 is 6.36 Å². The van der Waals surface area contributed by atoms with E-state index in [1.807, 2.05) is 6.92 Å². The van der Waals surface area contributed by atoms with E-state index in [-0.39, 0.29) is 5.75 Å². The Kier molecular flexibility index (Phi) is 4.62. The Hall–Kier alpha value is -1.89. The number of ether oxygens (including phenoxy) is 1. The highest BCUT2D eigenvalue weighted by atomic mass is 32.1. The van der Waals surface area contributed by atoms with Crippen LogP contribution in [0.1, 0.15) is 19.2 Å². The molecule has 112 valence electrons. The highest BCUT2D eigenvalue weighted by molar-refractivity contribution is 7.71. The second kappa shape index (κ2) is 6.26. The fourth-order valence-electron chi connectivity index (χ4n) is 1.88. The minimum Gasteiger partial charge on any atom is -0.406 e. The molecule has 2 aromatic rings. The quantitative estimate of drug-likeness (QED) is 0.834. The lowest BCUT2D eigenvalue weighted by Gasteiger charge is -2.10. The summed E-state index contributed by atoms with van der Waals surface area (Å²) in [7, 11) is 0. The maximum Gasteiger partial charge on any atom is 0.573 e. The van der Waals surface area contributed by atoms with Gasteiger partial charge in [0.2, 0.25) is 0 Å². The Labute approximate surface area is 124 Å². The molecule has 0 unspecified atom stereocenters. The number of alkyl halides is 3. The number of benzene rings is 1. The van der Waals surface area contributed by atoms with Gasteiger partial charge in [-0.1, -0.05) is 31.3 Å². The third-order valence-electron chi connectivity index (χ3n) is 2.66. The predicted octanol–water partition coefficient (Wildman–Crippen LogP) is 4.66. The summed E-state index contributed by atoms with van der Waals surface area (Å²) in [4.78, 5) is 7.26. The molecule has 0 amide bonds. The molecule has 7 heteroatoms. The summed E-state index contributed by atoms with van der Waals surface area (Å²) in [6.45, 7) is 2.00. The SMILES string of the molecule is CCCc1nc(=S)cc(-c2cccc(OC(F)(F)F)c2)[nH]1. The van der Waals surface area contributed by atoms with Crippen molar-refractivity contribution in [2.75, 3.05) is 0 Å². The van der Waals surface area contributed by atoms with Crippen molar-refractivity contribution in [3.05, 3.63) is 40.8 Å². The molecule has 0 bridgehead atoms. The summed E-state index contributed by atoms with van der Waals surface area (Å²) in [6.07, 6.45) is -3.10. The van der Waals surface area contributed by atoms with Crippen molar-refractivity contribution in [2.45, 2.75) is 26.1 Å². The number of aryl methyl sites for hydroxylation is 1. The minimum absolute atomic E-state index is 0.270. The summed E-state index contributed by atoms with van der Waals surface area (Å²) in [5.74, 6) is 0.440. The standard InChI is InChI=1S/C14H13F3N2OS/c1-2-4-12-18-11(8-13(21)19-12)9-5-3-6-10(7-9)20-14(15,16)17/h3,5-8H,2,4H2,1H3,(H,18,19,21). The van der Waals surface area contributed by atoms with Gasteiger partial charge < -0.3 is 9.72 Å². The molecule has 0 saturated carbocycles.